The van der Waals surface area contributed by atoms with Crippen molar-refractivity contribution in [1.82, 2.24) is 20.2 Å². The number of amides is 1. The molecule has 0 aliphatic carbocycles. The van der Waals surface area contributed by atoms with Crippen LogP contribution in [0.25, 0.3) is 0 Å². The van der Waals surface area contributed by atoms with Gasteiger partial charge in [0, 0.05) is 50.7 Å². The molecule has 7 heteroatoms. The number of nitrogens with one attached hydrogen (secondary N) is 1. The summed E-state index contributed by atoms with van der Waals surface area (Å²) in [5, 5.41) is 3.20. The fourth-order valence-electron chi connectivity index (χ4n) is 4.06. The molecule has 3 rings (SSSR count). The van der Waals surface area contributed by atoms with Gasteiger partial charge >= 0.3 is 0 Å². The number of ether oxygens (including phenoxy) is 1. The third-order valence-corrected chi connectivity index (χ3v) is 5.60. The second-order valence-corrected chi connectivity index (χ2v) is 8.53. The van der Waals surface area contributed by atoms with E-state index in [-0.39, 0.29) is 29.6 Å². The molecule has 1 aromatic heterocycles. The maximum atomic E-state index is 12.8. The maximum absolute atomic E-state index is 12.8. The summed E-state index contributed by atoms with van der Waals surface area (Å²) in [5.74, 6) is 0.838. The molecule has 2 aliphatic rings. The number of aromatic nitrogens is 2. The molecule has 3 heterocycles. The van der Waals surface area contributed by atoms with Crippen molar-refractivity contribution < 1.29 is 9.53 Å². The normalized spacial score (nSPS) is 27.4. The van der Waals surface area contributed by atoms with E-state index in [9.17, 15) is 4.79 Å². The fraction of sp³-hybridized carbons (Fsp3) is 0.750. The Bertz CT molecular complexity index is 614. The number of hydrogen-bond acceptors (Lipinski definition) is 6. The number of carbonyl (C=O) groups excluding carboxylic acids is 1. The van der Waals surface area contributed by atoms with Crippen LogP contribution in [-0.2, 0) is 9.53 Å². The molecule has 0 saturated carbocycles. The standard InChI is InChI=1S/C20H33N5O2/c1-15-11-25(12-16(2)27-15)20(3,4)14-23-18(26)17-7-5-10-24(13-17)19-21-8-6-9-22-19/h6,8-9,15-17H,5,7,10-14H2,1-4H3,(H,23,26)/t15-,16-,17-/m1/s1. The molecule has 7 nitrogen and oxygen atoms in total. The molecule has 2 fully saturated rings. The van der Waals surface area contributed by atoms with E-state index in [0.717, 1.165) is 32.5 Å². The van der Waals surface area contributed by atoms with Crippen LogP contribution in [0.15, 0.2) is 18.5 Å². The number of rotatable bonds is 5. The van der Waals surface area contributed by atoms with Crippen LogP contribution in [0.4, 0.5) is 5.95 Å². The quantitative estimate of drug-likeness (QED) is 0.845. The number of carbonyl (C=O) groups is 1. The fourth-order valence-corrected chi connectivity index (χ4v) is 4.06. The van der Waals surface area contributed by atoms with Crippen molar-refractivity contribution >= 4 is 11.9 Å². The highest BCUT2D eigenvalue weighted by molar-refractivity contribution is 5.79. The zero-order valence-corrected chi connectivity index (χ0v) is 17.0. The number of hydrogen-bond donors (Lipinski definition) is 1. The lowest BCUT2D eigenvalue weighted by Crippen LogP contribution is -2.59. The van der Waals surface area contributed by atoms with Gasteiger partial charge < -0.3 is 15.0 Å². The van der Waals surface area contributed by atoms with Crippen molar-refractivity contribution in [3.8, 4) is 0 Å². The van der Waals surface area contributed by atoms with Crippen molar-refractivity contribution in [1.29, 1.82) is 0 Å². The van der Waals surface area contributed by atoms with Gasteiger partial charge in [0.1, 0.15) is 0 Å². The molecule has 2 saturated heterocycles. The van der Waals surface area contributed by atoms with Gasteiger partial charge in [-0.25, -0.2) is 9.97 Å². The summed E-state index contributed by atoms with van der Waals surface area (Å²) in [6, 6.07) is 1.81. The predicted molar refractivity (Wildman–Crippen MR) is 106 cm³/mol. The minimum Gasteiger partial charge on any atom is -0.373 e. The van der Waals surface area contributed by atoms with Crippen molar-refractivity contribution in [2.75, 3.05) is 37.6 Å². The molecule has 1 N–H and O–H groups in total. The maximum Gasteiger partial charge on any atom is 0.225 e. The Kier molecular flexibility index (Phi) is 6.32. The molecule has 1 amide bonds. The van der Waals surface area contributed by atoms with E-state index >= 15 is 0 Å². The van der Waals surface area contributed by atoms with E-state index in [1.807, 2.05) is 6.07 Å². The Hall–Kier alpha value is -1.73. The monoisotopic (exact) mass is 375 g/mol. The Morgan fingerprint density at radius 2 is 1.89 bits per heavy atom. The summed E-state index contributed by atoms with van der Waals surface area (Å²) in [4.78, 5) is 26.0. The second kappa shape index (κ2) is 8.52. The van der Waals surface area contributed by atoms with E-state index in [0.29, 0.717) is 19.0 Å². The van der Waals surface area contributed by atoms with Crippen LogP contribution in [0.3, 0.4) is 0 Å². The first-order valence-electron chi connectivity index (χ1n) is 10.1. The Labute approximate surface area is 162 Å². The first-order chi connectivity index (χ1) is 12.8. The molecule has 0 aromatic carbocycles. The van der Waals surface area contributed by atoms with Crippen LogP contribution in [0.1, 0.15) is 40.5 Å². The molecule has 27 heavy (non-hydrogen) atoms. The van der Waals surface area contributed by atoms with E-state index in [4.69, 9.17) is 4.74 Å². The molecular weight excluding hydrogens is 342 g/mol. The highest BCUT2D eigenvalue weighted by atomic mass is 16.5. The van der Waals surface area contributed by atoms with Crippen LogP contribution in [0.2, 0.25) is 0 Å². The highest BCUT2D eigenvalue weighted by Crippen LogP contribution is 2.22. The van der Waals surface area contributed by atoms with Crippen LogP contribution in [0, 0.1) is 5.92 Å². The number of anilines is 1. The molecule has 3 atom stereocenters. The predicted octanol–water partition coefficient (Wildman–Crippen LogP) is 1.70. The Balaban J connectivity index is 1.53. The molecule has 2 aliphatic heterocycles. The van der Waals surface area contributed by atoms with E-state index < -0.39 is 0 Å². The molecule has 0 unspecified atom stereocenters. The highest BCUT2D eigenvalue weighted by Gasteiger charge is 2.34. The summed E-state index contributed by atoms with van der Waals surface area (Å²) in [6.45, 7) is 12.6. The van der Waals surface area contributed by atoms with Gasteiger partial charge in [-0.15, -0.1) is 0 Å². The summed E-state index contributed by atoms with van der Waals surface area (Å²) >= 11 is 0. The third kappa shape index (κ3) is 5.17. The number of nitrogens with zero attached hydrogens (tertiary/aromatic N) is 4. The topological polar surface area (TPSA) is 70.6 Å². The average molecular weight is 376 g/mol. The van der Waals surface area contributed by atoms with Crippen molar-refractivity contribution in [3.63, 3.8) is 0 Å². The first-order valence-corrected chi connectivity index (χ1v) is 10.1. The van der Waals surface area contributed by atoms with Crippen molar-refractivity contribution in [2.24, 2.45) is 5.92 Å². The minimum atomic E-state index is -0.0984. The zero-order valence-electron chi connectivity index (χ0n) is 17.0. The van der Waals surface area contributed by atoms with Crippen LogP contribution in [0.5, 0.6) is 0 Å². The Morgan fingerprint density at radius 1 is 1.22 bits per heavy atom. The van der Waals surface area contributed by atoms with Gasteiger partial charge in [0.2, 0.25) is 11.9 Å². The van der Waals surface area contributed by atoms with E-state index in [1.165, 1.54) is 0 Å². The van der Waals surface area contributed by atoms with Gasteiger partial charge in [-0.1, -0.05) is 0 Å². The minimum absolute atomic E-state index is 0.0131. The van der Waals surface area contributed by atoms with Gasteiger partial charge in [0.15, 0.2) is 0 Å². The first kappa shape index (κ1) is 20.0. The summed E-state index contributed by atoms with van der Waals surface area (Å²) in [6.07, 6.45) is 5.85. The number of piperidine rings is 1. The molecule has 1 aromatic rings. The summed E-state index contributed by atoms with van der Waals surface area (Å²) in [7, 11) is 0. The molecular formula is C20H33N5O2. The largest absolute Gasteiger partial charge is 0.373 e. The van der Waals surface area contributed by atoms with Crippen LogP contribution < -0.4 is 10.2 Å². The molecule has 0 radical (unpaired) electrons. The van der Waals surface area contributed by atoms with Gasteiger partial charge in [-0.2, -0.15) is 0 Å². The van der Waals surface area contributed by atoms with Crippen molar-refractivity contribution in [2.45, 2.75) is 58.3 Å². The van der Waals surface area contributed by atoms with Gasteiger partial charge in [0.25, 0.3) is 0 Å². The molecule has 0 bridgehead atoms. The van der Waals surface area contributed by atoms with Gasteiger partial charge in [-0.3, -0.25) is 9.69 Å². The molecule has 0 spiro atoms. The lowest BCUT2D eigenvalue weighted by atomic mass is 9.96. The van der Waals surface area contributed by atoms with Gasteiger partial charge in [0.05, 0.1) is 18.1 Å². The van der Waals surface area contributed by atoms with Gasteiger partial charge in [-0.05, 0) is 46.6 Å². The SMILES string of the molecule is C[C@@H]1CN(C(C)(C)CNC(=O)[C@@H]2CCCN(c3ncccn3)C2)C[C@@H](C)O1. The summed E-state index contributed by atoms with van der Waals surface area (Å²) in [5.41, 5.74) is -0.0984. The number of morpholine rings is 1. The van der Waals surface area contributed by atoms with E-state index in [1.54, 1.807) is 12.4 Å². The lowest BCUT2D eigenvalue weighted by molar-refractivity contribution is -0.127. The second-order valence-electron chi connectivity index (χ2n) is 8.53. The molecule has 150 valence electrons. The zero-order chi connectivity index (χ0) is 19.4. The van der Waals surface area contributed by atoms with Crippen molar-refractivity contribution in [3.05, 3.63) is 18.5 Å². The van der Waals surface area contributed by atoms with Crippen LogP contribution >= 0.6 is 0 Å². The Morgan fingerprint density at radius 3 is 2.56 bits per heavy atom. The average Bonchev–Trinajstić information content (AvgIpc) is 2.66. The summed E-state index contributed by atoms with van der Waals surface area (Å²) < 4.78 is 5.84. The van der Waals surface area contributed by atoms with E-state index in [2.05, 4.69) is 52.8 Å². The third-order valence-electron chi connectivity index (χ3n) is 5.60. The smallest absolute Gasteiger partial charge is 0.225 e. The van der Waals surface area contributed by atoms with Crippen LogP contribution in [-0.4, -0.2) is 71.2 Å². The lowest BCUT2D eigenvalue weighted by Gasteiger charge is -2.45.